The molecule has 3 nitrogen and oxygen atoms in total. The molecule has 2 N–H and O–H groups in total. The zero-order valence-electron chi connectivity index (χ0n) is 9.77. The summed E-state index contributed by atoms with van der Waals surface area (Å²) < 4.78 is 12.8. The number of amides is 1. The summed E-state index contributed by atoms with van der Waals surface area (Å²) in [5.74, 6) is -1.43. The molecule has 18 heavy (non-hydrogen) atoms. The van der Waals surface area contributed by atoms with Gasteiger partial charge in [-0.2, -0.15) is 0 Å². The number of hydrogen-bond donors (Lipinski definition) is 2. The van der Waals surface area contributed by atoms with Crippen LogP contribution in [-0.2, 0) is 0 Å². The van der Waals surface area contributed by atoms with Crippen LogP contribution in [0.5, 0.6) is 5.75 Å². The zero-order valence-corrected chi connectivity index (χ0v) is 9.77. The summed E-state index contributed by atoms with van der Waals surface area (Å²) in [6.45, 7) is 1.91. The predicted octanol–water partition coefficient (Wildman–Crippen LogP) is 3.09. The van der Waals surface area contributed by atoms with Gasteiger partial charge in [0, 0.05) is 11.8 Å². The lowest BCUT2D eigenvalue weighted by Crippen LogP contribution is -2.12. The van der Waals surface area contributed by atoms with E-state index in [1.807, 2.05) is 19.1 Å². The number of hydrogen-bond acceptors (Lipinski definition) is 2. The van der Waals surface area contributed by atoms with Crippen molar-refractivity contribution < 1.29 is 14.3 Å². The lowest BCUT2D eigenvalue weighted by atomic mass is 10.1. The van der Waals surface area contributed by atoms with Gasteiger partial charge in [-0.1, -0.05) is 12.1 Å². The molecule has 0 aliphatic heterocycles. The molecule has 0 heterocycles. The van der Waals surface area contributed by atoms with Gasteiger partial charge in [0.1, 0.15) is 11.6 Å². The topological polar surface area (TPSA) is 49.3 Å². The summed E-state index contributed by atoms with van der Waals surface area (Å²) in [6.07, 6.45) is 0. The molecule has 0 atom stereocenters. The number of anilines is 1. The molecule has 4 heteroatoms. The van der Waals surface area contributed by atoms with Crippen LogP contribution in [0, 0.1) is 12.7 Å². The fourth-order valence-corrected chi connectivity index (χ4v) is 1.62. The number of benzene rings is 2. The number of nitrogens with one attached hydrogen (secondary N) is 1. The molecule has 2 aromatic carbocycles. The van der Waals surface area contributed by atoms with Crippen molar-refractivity contribution in [1.29, 1.82) is 0 Å². The Morgan fingerprint density at radius 1 is 1.22 bits per heavy atom. The average molecular weight is 245 g/mol. The van der Waals surface area contributed by atoms with E-state index in [1.165, 1.54) is 6.07 Å². The highest BCUT2D eigenvalue weighted by molar-refractivity contribution is 6.06. The quantitative estimate of drug-likeness (QED) is 0.854. The Morgan fingerprint density at radius 3 is 2.67 bits per heavy atom. The van der Waals surface area contributed by atoms with Gasteiger partial charge in [0.15, 0.2) is 0 Å². The Kier molecular flexibility index (Phi) is 3.28. The van der Waals surface area contributed by atoms with Crippen molar-refractivity contribution >= 4 is 11.6 Å². The molecule has 0 aliphatic carbocycles. The van der Waals surface area contributed by atoms with Crippen molar-refractivity contribution in [2.24, 2.45) is 0 Å². The molecule has 0 saturated carbocycles. The minimum atomic E-state index is -0.584. The standard InChI is InChI=1S/C14H12FNO2/c1-9-3-2-4-11(7-9)16-14(18)12-6-5-10(15)8-13(12)17/h2-8,17H,1H3,(H,16,18). The molecule has 0 spiro atoms. The van der Waals surface area contributed by atoms with Gasteiger partial charge in [-0.25, -0.2) is 4.39 Å². The molecule has 0 radical (unpaired) electrons. The van der Waals surface area contributed by atoms with Crippen LogP contribution in [0.2, 0.25) is 0 Å². The molecule has 0 saturated heterocycles. The third-order valence-electron chi connectivity index (χ3n) is 2.48. The van der Waals surface area contributed by atoms with E-state index in [2.05, 4.69) is 5.32 Å². The van der Waals surface area contributed by atoms with Gasteiger partial charge in [-0.15, -0.1) is 0 Å². The third-order valence-corrected chi connectivity index (χ3v) is 2.48. The van der Waals surface area contributed by atoms with E-state index in [9.17, 15) is 14.3 Å². The first-order valence-electron chi connectivity index (χ1n) is 5.43. The van der Waals surface area contributed by atoms with E-state index in [-0.39, 0.29) is 11.3 Å². The van der Waals surface area contributed by atoms with Crippen molar-refractivity contribution in [2.45, 2.75) is 6.92 Å². The highest BCUT2D eigenvalue weighted by Crippen LogP contribution is 2.20. The van der Waals surface area contributed by atoms with Crippen molar-refractivity contribution in [3.05, 3.63) is 59.4 Å². The predicted molar refractivity (Wildman–Crippen MR) is 67.2 cm³/mol. The monoisotopic (exact) mass is 245 g/mol. The number of rotatable bonds is 2. The first-order chi connectivity index (χ1) is 8.56. The second-order valence-electron chi connectivity index (χ2n) is 3.99. The van der Waals surface area contributed by atoms with Crippen LogP contribution in [0.25, 0.3) is 0 Å². The van der Waals surface area contributed by atoms with E-state index in [1.54, 1.807) is 12.1 Å². The van der Waals surface area contributed by atoms with E-state index >= 15 is 0 Å². The fraction of sp³-hybridized carbons (Fsp3) is 0.0714. The Bertz CT molecular complexity index is 596. The van der Waals surface area contributed by atoms with Crippen LogP contribution in [0.3, 0.4) is 0 Å². The third kappa shape index (κ3) is 2.66. The van der Waals surface area contributed by atoms with Crippen molar-refractivity contribution in [3.63, 3.8) is 0 Å². The van der Waals surface area contributed by atoms with Gasteiger partial charge in [-0.05, 0) is 36.8 Å². The summed E-state index contributed by atoms with van der Waals surface area (Å²) in [6, 6.07) is 10.6. The Labute approximate surface area is 104 Å². The molecule has 0 aromatic heterocycles. The highest BCUT2D eigenvalue weighted by atomic mass is 19.1. The molecule has 0 fully saturated rings. The molecule has 92 valence electrons. The van der Waals surface area contributed by atoms with Crippen LogP contribution in [0.1, 0.15) is 15.9 Å². The van der Waals surface area contributed by atoms with E-state index in [4.69, 9.17) is 0 Å². The normalized spacial score (nSPS) is 10.1. The maximum atomic E-state index is 12.8. The minimum absolute atomic E-state index is 0.0397. The maximum Gasteiger partial charge on any atom is 0.259 e. The number of carbonyl (C=O) groups excluding carboxylic acids is 1. The van der Waals surface area contributed by atoms with Crippen LogP contribution in [-0.4, -0.2) is 11.0 Å². The smallest absolute Gasteiger partial charge is 0.259 e. The molecule has 0 bridgehead atoms. The van der Waals surface area contributed by atoms with Gasteiger partial charge in [0.05, 0.1) is 5.56 Å². The number of aromatic hydroxyl groups is 1. The molecular formula is C14H12FNO2. The van der Waals surface area contributed by atoms with Crippen LogP contribution < -0.4 is 5.32 Å². The summed E-state index contributed by atoms with van der Waals surface area (Å²) >= 11 is 0. The Hall–Kier alpha value is -2.36. The summed E-state index contributed by atoms with van der Waals surface area (Å²) in [7, 11) is 0. The zero-order chi connectivity index (χ0) is 13.1. The van der Waals surface area contributed by atoms with Crippen LogP contribution in [0.15, 0.2) is 42.5 Å². The number of carbonyl (C=O) groups is 1. The number of aryl methyl sites for hydroxylation is 1. The number of phenolic OH excluding ortho intramolecular Hbond substituents is 1. The molecule has 2 rings (SSSR count). The van der Waals surface area contributed by atoms with Crippen LogP contribution in [0.4, 0.5) is 10.1 Å². The lowest BCUT2D eigenvalue weighted by molar-refractivity contribution is 0.102. The maximum absolute atomic E-state index is 12.8. The largest absolute Gasteiger partial charge is 0.507 e. The van der Waals surface area contributed by atoms with Crippen LogP contribution >= 0.6 is 0 Å². The van der Waals surface area contributed by atoms with E-state index in [0.29, 0.717) is 5.69 Å². The van der Waals surface area contributed by atoms with Crippen molar-refractivity contribution in [3.8, 4) is 5.75 Å². The average Bonchev–Trinajstić information content (AvgIpc) is 2.28. The summed E-state index contributed by atoms with van der Waals surface area (Å²) in [5, 5.41) is 12.1. The molecule has 2 aromatic rings. The Balaban J connectivity index is 2.22. The first-order valence-corrected chi connectivity index (χ1v) is 5.43. The number of phenols is 1. The Morgan fingerprint density at radius 2 is 2.00 bits per heavy atom. The summed E-state index contributed by atoms with van der Waals surface area (Å²) in [5.41, 5.74) is 1.68. The first kappa shape index (κ1) is 12.1. The molecule has 0 aliphatic rings. The van der Waals surface area contributed by atoms with E-state index in [0.717, 1.165) is 17.7 Å². The molecule has 1 amide bonds. The van der Waals surface area contributed by atoms with Gasteiger partial charge >= 0.3 is 0 Å². The fourth-order valence-electron chi connectivity index (χ4n) is 1.62. The van der Waals surface area contributed by atoms with Crippen molar-refractivity contribution in [1.82, 2.24) is 0 Å². The van der Waals surface area contributed by atoms with Gasteiger partial charge in [0.2, 0.25) is 0 Å². The van der Waals surface area contributed by atoms with Gasteiger partial charge < -0.3 is 10.4 Å². The van der Waals surface area contributed by atoms with Gasteiger partial charge in [-0.3, -0.25) is 4.79 Å². The SMILES string of the molecule is Cc1cccc(NC(=O)c2ccc(F)cc2O)c1. The molecular weight excluding hydrogens is 233 g/mol. The summed E-state index contributed by atoms with van der Waals surface area (Å²) in [4.78, 5) is 11.9. The lowest BCUT2D eigenvalue weighted by Gasteiger charge is -2.07. The second kappa shape index (κ2) is 4.87. The minimum Gasteiger partial charge on any atom is -0.507 e. The number of halogens is 1. The van der Waals surface area contributed by atoms with Gasteiger partial charge in [0.25, 0.3) is 5.91 Å². The van der Waals surface area contributed by atoms with E-state index < -0.39 is 11.7 Å². The second-order valence-corrected chi connectivity index (χ2v) is 3.99. The molecule has 0 unspecified atom stereocenters. The highest BCUT2D eigenvalue weighted by Gasteiger charge is 2.11. The van der Waals surface area contributed by atoms with Crippen molar-refractivity contribution in [2.75, 3.05) is 5.32 Å².